The van der Waals surface area contributed by atoms with Crippen molar-refractivity contribution in [2.24, 2.45) is 5.92 Å². The Morgan fingerprint density at radius 1 is 1.41 bits per heavy atom. The Bertz CT molecular complexity index is 307. The number of nitrogens with one attached hydrogen (secondary N) is 2. The SMILES string of the molecule is CC(C)CCNCCC(=O)NCc1ccco1. The van der Waals surface area contributed by atoms with Gasteiger partial charge in [0.05, 0.1) is 12.8 Å². The van der Waals surface area contributed by atoms with Gasteiger partial charge in [-0.3, -0.25) is 4.79 Å². The zero-order valence-corrected chi connectivity index (χ0v) is 10.7. The van der Waals surface area contributed by atoms with Crippen LogP contribution in [0.25, 0.3) is 0 Å². The highest BCUT2D eigenvalue weighted by atomic mass is 16.3. The molecule has 17 heavy (non-hydrogen) atoms. The first-order valence-electron chi connectivity index (χ1n) is 6.18. The Kier molecular flexibility index (Phi) is 6.40. The van der Waals surface area contributed by atoms with E-state index in [1.54, 1.807) is 6.26 Å². The van der Waals surface area contributed by atoms with Crippen LogP contribution >= 0.6 is 0 Å². The average molecular weight is 238 g/mol. The van der Waals surface area contributed by atoms with Crippen LogP contribution in [-0.2, 0) is 11.3 Å². The first-order valence-corrected chi connectivity index (χ1v) is 6.18. The Labute approximate surface area is 103 Å². The smallest absolute Gasteiger partial charge is 0.221 e. The lowest BCUT2D eigenvalue weighted by atomic mass is 10.1. The van der Waals surface area contributed by atoms with Crippen molar-refractivity contribution in [3.63, 3.8) is 0 Å². The Morgan fingerprint density at radius 2 is 2.24 bits per heavy atom. The molecule has 0 radical (unpaired) electrons. The molecule has 2 N–H and O–H groups in total. The Morgan fingerprint density at radius 3 is 2.88 bits per heavy atom. The van der Waals surface area contributed by atoms with Crippen molar-refractivity contribution in [2.75, 3.05) is 13.1 Å². The number of carbonyl (C=O) groups excluding carboxylic acids is 1. The molecule has 0 saturated carbocycles. The maximum atomic E-state index is 11.4. The van der Waals surface area contributed by atoms with Crippen molar-refractivity contribution >= 4 is 5.91 Å². The summed E-state index contributed by atoms with van der Waals surface area (Å²) in [6.45, 7) is 6.56. The van der Waals surface area contributed by atoms with Gasteiger partial charge in [0.2, 0.25) is 5.91 Å². The first kappa shape index (κ1) is 13.8. The van der Waals surface area contributed by atoms with E-state index in [0.29, 0.717) is 18.9 Å². The van der Waals surface area contributed by atoms with Crippen LogP contribution in [0.4, 0.5) is 0 Å². The molecular formula is C13H22N2O2. The predicted molar refractivity (Wildman–Crippen MR) is 67.5 cm³/mol. The minimum atomic E-state index is 0.0541. The minimum Gasteiger partial charge on any atom is -0.467 e. The van der Waals surface area contributed by atoms with Gasteiger partial charge in [-0.1, -0.05) is 13.8 Å². The largest absolute Gasteiger partial charge is 0.467 e. The molecule has 1 rings (SSSR count). The summed E-state index contributed by atoms with van der Waals surface area (Å²) in [5, 5.41) is 6.07. The van der Waals surface area contributed by atoms with E-state index in [1.807, 2.05) is 12.1 Å². The van der Waals surface area contributed by atoms with Gasteiger partial charge in [0.1, 0.15) is 5.76 Å². The van der Waals surface area contributed by atoms with E-state index in [-0.39, 0.29) is 5.91 Å². The highest BCUT2D eigenvalue weighted by molar-refractivity contribution is 5.75. The molecule has 0 atom stereocenters. The number of rotatable bonds is 8. The minimum absolute atomic E-state index is 0.0541. The van der Waals surface area contributed by atoms with E-state index in [1.165, 1.54) is 0 Å². The molecule has 1 amide bonds. The number of hydrogen-bond acceptors (Lipinski definition) is 3. The highest BCUT2D eigenvalue weighted by Crippen LogP contribution is 1.98. The van der Waals surface area contributed by atoms with Crippen molar-refractivity contribution in [1.82, 2.24) is 10.6 Å². The molecule has 96 valence electrons. The standard InChI is InChI=1S/C13H22N2O2/c1-11(2)5-7-14-8-6-13(16)15-10-12-4-3-9-17-12/h3-4,9,11,14H,5-8,10H2,1-2H3,(H,15,16). The van der Waals surface area contributed by atoms with Crippen LogP contribution in [0.5, 0.6) is 0 Å². The maximum Gasteiger partial charge on any atom is 0.221 e. The van der Waals surface area contributed by atoms with Gasteiger partial charge in [-0.2, -0.15) is 0 Å². The lowest BCUT2D eigenvalue weighted by Crippen LogP contribution is -2.27. The molecule has 4 heteroatoms. The molecule has 0 aliphatic carbocycles. The Balaban J connectivity index is 1.98. The van der Waals surface area contributed by atoms with Gasteiger partial charge >= 0.3 is 0 Å². The lowest BCUT2D eigenvalue weighted by molar-refractivity contribution is -0.121. The van der Waals surface area contributed by atoms with E-state index in [0.717, 1.165) is 25.3 Å². The fraction of sp³-hybridized carbons (Fsp3) is 0.615. The third kappa shape index (κ3) is 6.79. The van der Waals surface area contributed by atoms with Crippen molar-refractivity contribution < 1.29 is 9.21 Å². The molecule has 0 bridgehead atoms. The normalized spacial score (nSPS) is 10.8. The first-order chi connectivity index (χ1) is 8.18. The van der Waals surface area contributed by atoms with Gasteiger partial charge in [-0.25, -0.2) is 0 Å². The second-order valence-electron chi connectivity index (χ2n) is 4.54. The molecule has 1 aromatic rings. The second-order valence-corrected chi connectivity index (χ2v) is 4.54. The summed E-state index contributed by atoms with van der Waals surface area (Å²) in [6, 6.07) is 3.66. The third-order valence-corrected chi connectivity index (χ3v) is 2.47. The molecule has 0 unspecified atom stereocenters. The van der Waals surface area contributed by atoms with Gasteiger partial charge in [-0.15, -0.1) is 0 Å². The van der Waals surface area contributed by atoms with Gasteiger partial charge in [-0.05, 0) is 31.0 Å². The summed E-state index contributed by atoms with van der Waals surface area (Å²) in [6.07, 6.45) is 3.27. The van der Waals surface area contributed by atoms with Gasteiger partial charge in [0, 0.05) is 13.0 Å². The summed E-state index contributed by atoms with van der Waals surface area (Å²) in [5.74, 6) is 1.54. The number of carbonyl (C=O) groups is 1. The van der Waals surface area contributed by atoms with E-state index in [9.17, 15) is 4.79 Å². The van der Waals surface area contributed by atoms with Crippen molar-refractivity contribution in [2.45, 2.75) is 33.2 Å². The zero-order chi connectivity index (χ0) is 12.5. The summed E-state index contributed by atoms with van der Waals surface area (Å²) in [4.78, 5) is 11.4. The van der Waals surface area contributed by atoms with Gasteiger partial charge in [0.25, 0.3) is 0 Å². The molecule has 0 aliphatic rings. The maximum absolute atomic E-state index is 11.4. The van der Waals surface area contributed by atoms with E-state index >= 15 is 0 Å². The van der Waals surface area contributed by atoms with Crippen LogP contribution < -0.4 is 10.6 Å². The molecule has 4 nitrogen and oxygen atoms in total. The molecular weight excluding hydrogens is 216 g/mol. The van der Waals surface area contributed by atoms with E-state index in [2.05, 4.69) is 24.5 Å². The number of furan rings is 1. The van der Waals surface area contributed by atoms with E-state index in [4.69, 9.17) is 4.42 Å². The fourth-order valence-corrected chi connectivity index (χ4v) is 1.40. The molecule has 1 aromatic heterocycles. The van der Waals surface area contributed by atoms with Crippen molar-refractivity contribution in [3.05, 3.63) is 24.2 Å². The van der Waals surface area contributed by atoms with Crippen LogP contribution in [0.1, 0.15) is 32.4 Å². The topological polar surface area (TPSA) is 54.3 Å². The highest BCUT2D eigenvalue weighted by Gasteiger charge is 2.02. The van der Waals surface area contributed by atoms with Crippen molar-refractivity contribution in [3.8, 4) is 0 Å². The third-order valence-electron chi connectivity index (χ3n) is 2.47. The van der Waals surface area contributed by atoms with Gasteiger partial charge < -0.3 is 15.1 Å². The van der Waals surface area contributed by atoms with Gasteiger partial charge in [0.15, 0.2) is 0 Å². The summed E-state index contributed by atoms with van der Waals surface area (Å²) >= 11 is 0. The predicted octanol–water partition coefficient (Wildman–Crippen LogP) is 1.92. The second kappa shape index (κ2) is 7.90. The van der Waals surface area contributed by atoms with Crippen LogP contribution in [0, 0.1) is 5.92 Å². The summed E-state index contributed by atoms with van der Waals surface area (Å²) in [5.41, 5.74) is 0. The summed E-state index contributed by atoms with van der Waals surface area (Å²) in [7, 11) is 0. The zero-order valence-electron chi connectivity index (χ0n) is 10.7. The molecule has 0 aliphatic heterocycles. The fourth-order valence-electron chi connectivity index (χ4n) is 1.40. The molecule has 0 fully saturated rings. The lowest BCUT2D eigenvalue weighted by Gasteiger charge is -2.07. The van der Waals surface area contributed by atoms with Crippen LogP contribution in [-0.4, -0.2) is 19.0 Å². The Hall–Kier alpha value is -1.29. The molecule has 0 spiro atoms. The monoisotopic (exact) mass is 238 g/mol. The summed E-state index contributed by atoms with van der Waals surface area (Å²) < 4.78 is 5.12. The quantitative estimate of drug-likeness (QED) is 0.680. The molecule has 0 saturated heterocycles. The van der Waals surface area contributed by atoms with Crippen LogP contribution in [0.3, 0.4) is 0 Å². The molecule has 0 aromatic carbocycles. The van der Waals surface area contributed by atoms with Crippen LogP contribution in [0.15, 0.2) is 22.8 Å². The average Bonchev–Trinajstić information content (AvgIpc) is 2.78. The number of amides is 1. The van der Waals surface area contributed by atoms with E-state index < -0.39 is 0 Å². The number of hydrogen-bond donors (Lipinski definition) is 2. The molecule has 1 heterocycles. The van der Waals surface area contributed by atoms with Crippen LogP contribution in [0.2, 0.25) is 0 Å². The van der Waals surface area contributed by atoms with Crippen molar-refractivity contribution in [1.29, 1.82) is 0 Å².